The van der Waals surface area contributed by atoms with Crippen LogP contribution in [-0.4, -0.2) is 41.1 Å². The molecule has 0 aromatic carbocycles. The summed E-state index contributed by atoms with van der Waals surface area (Å²) in [5.41, 5.74) is 0. The topological polar surface area (TPSA) is 93.4 Å². The van der Waals surface area contributed by atoms with Gasteiger partial charge in [0.2, 0.25) is 0 Å². The molecule has 2 unspecified atom stereocenters. The third-order valence-corrected chi connectivity index (χ3v) is 3.51. The largest absolute Gasteiger partial charge is 0.481 e. The third-order valence-electron chi connectivity index (χ3n) is 3.51. The van der Waals surface area contributed by atoms with Gasteiger partial charge in [0.05, 0.1) is 18.4 Å². The average Bonchev–Trinajstić information content (AvgIpc) is 2.40. The van der Waals surface area contributed by atoms with Crippen molar-refractivity contribution in [1.82, 2.24) is 10.2 Å². The Balaban J connectivity index is 2.46. The van der Waals surface area contributed by atoms with Crippen LogP contribution in [0.15, 0.2) is 0 Å². The van der Waals surface area contributed by atoms with Crippen molar-refractivity contribution in [3.63, 3.8) is 0 Å². The first-order valence-electron chi connectivity index (χ1n) is 6.73. The maximum atomic E-state index is 12.0. The summed E-state index contributed by atoms with van der Waals surface area (Å²) in [6.07, 6.45) is 3.14. The van der Waals surface area contributed by atoms with E-state index in [0.29, 0.717) is 32.4 Å². The number of hydrogen-bond acceptors (Lipinski definition) is 3. The highest BCUT2D eigenvalue weighted by Gasteiger charge is 2.28. The van der Waals surface area contributed by atoms with Crippen LogP contribution in [0.3, 0.4) is 0 Å². The number of carbonyl (C=O) groups excluding carboxylic acids is 1. The lowest BCUT2D eigenvalue weighted by molar-refractivity contribution is -0.143. The second kappa shape index (κ2) is 7.62. The van der Waals surface area contributed by atoms with E-state index in [2.05, 4.69) is 5.32 Å². The summed E-state index contributed by atoms with van der Waals surface area (Å²) in [4.78, 5) is 24.5. The van der Waals surface area contributed by atoms with Gasteiger partial charge in [-0.15, -0.1) is 0 Å². The van der Waals surface area contributed by atoms with Crippen LogP contribution in [0, 0.1) is 17.2 Å². The molecule has 19 heavy (non-hydrogen) atoms. The molecule has 0 bridgehead atoms. The molecule has 0 aliphatic heterocycles. The van der Waals surface area contributed by atoms with E-state index in [1.807, 2.05) is 13.0 Å². The molecule has 0 aromatic rings. The van der Waals surface area contributed by atoms with Crippen LogP contribution in [0.4, 0.5) is 4.79 Å². The van der Waals surface area contributed by atoms with Gasteiger partial charge in [-0.2, -0.15) is 5.26 Å². The lowest BCUT2D eigenvalue weighted by Gasteiger charge is -2.30. The molecule has 0 heterocycles. The highest BCUT2D eigenvalue weighted by Crippen LogP contribution is 2.24. The summed E-state index contributed by atoms with van der Waals surface area (Å²) in [6.45, 7) is 2.81. The van der Waals surface area contributed by atoms with Gasteiger partial charge in [-0.1, -0.05) is 6.42 Å². The molecule has 1 rings (SSSR count). The van der Waals surface area contributed by atoms with Crippen LogP contribution in [0.5, 0.6) is 0 Å². The highest BCUT2D eigenvalue weighted by atomic mass is 16.4. The Morgan fingerprint density at radius 3 is 2.79 bits per heavy atom. The van der Waals surface area contributed by atoms with Crippen LogP contribution in [0.2, 0.25) is 0 Å². The van der Waals surface area contributed by atoms with Crippen molar-refractivity contribution in [3.8, 4) is 6.07 Å². The molecule has 1 saturated carbocycles. The molecular formula is C13H21N3O3. The maximum absolute atomic E-state index is 12.0. The van der Waals surface area contributed by atoms with Crippen LogP contribution in [-0.2, 0) is 4.79 Å². The number of nitriles is 1. The number of urea groups is 1. The molecule has 2 amide bonds. The van der Waals surface area contributed by atoms with Gasteiger partial charge in [-0.25, -0.2) is 4.79 Å². The van der Waals surface area contributed by atoms with E-state index in [1.54, 1.807) is 4.90 Å². The average molecular weight is 267 g/mol. The SMILES string of the molecule is CCN(CCC#N)C(=O)NC1CCCC(C(=O)O)C1. The predicted molar refractivity (Wildman–Crippen MR) is 69.4 cm³/mol. The van der Waals surface area contributed by atoms with Crippen molar-refractivity contribution in [2.75, 3.05) is 13.1 Å². The molecule has 2 N–H and O–H groups in total. The summed E-state index contributed by atoms with van der Waals surface area (Å²) in [7, 11) is 0. The van der Waals surface area contributed by atoms with E-state index in [9.17, 15) is 9.59 Å². The predicted octanol–water partition coefficient (Wildman–Crippen LogP) is 1.57. The molecule has 0 radical (unpaired) electrons. The molecule has 2 atom stereocenters. The number of nitrogens with one attached hydrogen (secondary N) is 1. The van der Waals surface area contributed by atoms with Gasteiger partial charge in [0.15, 0.2) is 0 Å². The summed E-state index contributed by atoms with van der Waals surface area (Å²) < 4.78 is 0. The minimum atomic E-state index is -0.782. The van der Waals surface area contributed by atoms with Crippen LogP contribution in [0.1, 0.15) is 39.0 Å². The van der Waals surface area contributed by atoms with Crippen LogP contribution >= 0.6 is 0 Å². The zero-order chi connectivity index (χ0) is 14.3. The van der Waals surface area contributed by atoms with Crippen molar-refractivity contribution in [3.05, 3.63) is 0 Å². The Kier molecular flexibility index (Phi) is 6.13. The van der Waals surface area contributed by atoms with Crippen molar-refractivity contribution in [2.45, 2.75) is 45.1 Å². The van der Waals surface area contributed by atoms with Crippen LogP contribution < -0.4 is 5.32 Å². The normalized spacial score (nSPS) is 22.3. The lowest BCUT2D eigenvalue weighted by atomic mass is 9.86. The Morgan fingerprint density at radius 1 is 1.47 bits per heavy atom. The van der Waals surface area contributed by atoms with Gasteiger partial charge in [0, 0.05) is 19.1 Å². The smallest absolute Gasteiger partial charge is 0.317 e. The van der Waals surface area contributed by atoms with Gasteiger partial charge >= 0.3 is 12.0 Å². The fourth-order valence-electron chi connectivity index (χ4n) is 2.40. The molecule has 106 valence electrons. The van der Waals surface area contributed by atoms with Gasteiger partial charge in [0.25, 0.3) is 0 Å². The van der Waals surface area contributed by atoms with E-state index in [4.69, 9.17) is 10.4 Å². The Hall–Kier alpha value is -1.77. The Bertz CT molecular complexity index is 365. The summed E-state index contributed by atoms with van der Waals surface area (Å²) >= 11 is 0. The molecular weight excluding hydrogens is 246 g/mol. The van der Waals surface area contributed by atoms with E-state index in [0.717, 1.165) is 12.8 Å². The van der Waals surface area contributed by atoms with Crippen molar-refractivity contribution < 1.29 is 14.7 Å². The van der Waals surface area contributed by atoms with Crippen molar-refractivity contribution in [2.24, 2.45) is 5.92 Å². The molecule has 6 heteroatoms. The van der Waals surface area contributed by atoms with E-state index >= 15 is 0 Å². The van der Waals surface area contributed by atoms with Crippen molar-refractivity contribution in [1.29, 1.82) is 5.26 Å². The first-order valence-corrected chi connectivity index (χ1v) is 6.73. The van der Waals surface area contributed by atoms with Crippen LogP contribution in [0.25, 0.3) is 0 Å². The zero-order valence-electron chi connectivity index (χ0n) is 11.3. The number of carboxylic acid groups (broad SMARTS) is 1. The number of rotatable bonds is 5. The van der Waals surface area contributed by atoms with E-state index < -0.39 is 5.97 Å². The summed E-state index contributed by atoms with van der Waals surface area (Å²) in [5, 5.41) is 20.4. The summed E-state index contributed by atoms with van der Waals surface area (Å²) in [5.74, 6) is -1.14. The van der Waals surface area contributed by atoms with E-state index in [-0.39, 0.29) is 18.0 Å². The number of amides is 2. The molecule has 0 spiro atoms. The van der Waals surface area contributed by atoms with Crippen molar-refractivity contribution >= 4 is 12.0 Å². The first kappa shape index (κ1) is 15.3. The minimum absolute atomic E-state index is 0.0708. The second-order valence-electron chi connectivity index (χ2n) is 4.84. The molecule has 0 saturated heterocycles. The molecule has 1 aliphatic rings. The third kappa shape index (κ3) is 4.78. The first-order chi connectivity index (χ1) is 9.08. The lowest BCUT2D eigenvalue weighted by Crippen LogP contribution is -2.47. The zero-order valence-corrected chi connectivity index (χ0v) is 11.3. The Labute approximate surface area is 113 Å². The standard InChI is InChI=1S/C13H21N3O3/c1-2-16(8-4-7-14)13(19)15-11-6-3-5-10(9-11)12(17)18/h10-11H,2-6,8-9H2,1H3,(H,15,19)(H,17,18). The number of hydrogen-bond donors (Lipinski definition) is 2. The number of carboxylic acids is 1. The van der Waals surface area contributed by atoms with Gasteiger partial charge in [0.1, 0.15) is 0 Å². The fraction of sp³-hybridized carbons (Fsp3) is 0.769. The number of carbonyl (C=O) groups is 2. The Morgan fingerprint density at radius 2 is 2.21 bits per heavy atom. The second-order valence-corrected chi connectivity index (χ2v) is 4.84. The maximum Gasteiger partial charge on any atom is 0.317 e. The molecule has 0 aromatic heterocycles. The highest BCUT2D eigenvalue weighted by molar-refractivity contribution is 5.75. The summed E-state index contributed by atoms with van der Waals surface area (Å²) in [6, 6.07) is 1.74. The number of nitrogens with zero attached hydrogens (tertiary/aromatic N) is 2. The molecule has 1 aliphatic carbocycles. The van der Waals surface area contributed by atoms with E-state index in [1.165, 1.54) is 0 Å². The monoisotopic (exact) mass is 267 g/mol. The van der Waals surface area contributed by atoms with Gasteiger partial charge in [-0.05, 0) is 26.2 Å². The van der Waals surface area contributed by atoms with Gasteiger partial charge in [-0.3, -0.25) is 4.79 Å². The van der Waals surface area contributed by atoms with Gasteiger partial charge < -0.3 is 15.3 Å². The quantitative estimate of drug-likeness (QED) is 0.790. The fourth-order valence-corrected chi connectivity index (χ4v) is 2.40. The minimum Gasteiger partial charge on any atom is -0.481 e. The number of aliphatic carboxylic acids is 1. The molecule has 1 fully saturated rings. The molecule has 6 nitrogen and oxygen atoms in total.